The van der Waals surface area contributed by atoms with Gasteiger partial charge in [0.1, 0.15) is 11.5 Å². The third kappa shape index (κ3) is 2.11. The molecule has 20 heavy (non-hydrogen) atoms. The van der Waals surface area contributed by atoms with Crippen molar-refractivity contribution in [2.24, 2.45) is 0 Å². The number of fused-ring (bicyclic) bond motifs is 1. The predicted octanol–water partition coefficient (Wildman–Crippen LogP) is 3.42. The standard InChI is InChI=1S/C15H16N4O/c1-3-9-16-15-14-12(10(2)20-19-14)13(17-18-15)11-7-5-4-6-8-11/h4-8H,3,9H2,1-2H3,(H,16,18). The molecule has 0 amide bonds. The van der Waals surface area contributed by atoms with Crippen LogP contribution in [0, 0.1) is 6.92 Å². The monoisotopic (exact) mass is 268 g/mol. The highest BCUT2D eigenvalue weighted by molar-refractivity contribution is 5.98. The maximum absolute atomic E-state index is 5.33. The van der Waals surface area contributed by atoms with Gasteiger partial charge in [-0.25, -0.2) is 0 Å². The predicted molar refractivity (Wildman–Crippen MR) is 78.6 cm³/mol. The number of rotatable bonds is 4. The van der Waals surface area contributed by atoms with Gasteiger partial charge in [0.2, 0.25) is 0 Å². The highest BCUT2D eigenvalue weighted by atomic mass is 16.5. The first-order chi connectivity index (χ1) is 9.81. The van der Waals surface area contributed by atoms with Crippen LogP contribution in [0.15, 0.2) is 34.9 Å². The molecule has 1 aromatic carbocycles. The van der Waals surface area contributed by atoms with Crippen molar-refractivity contribution in [3.63, 3.8) is 0 Å². The topological polar surface area (TPSA) is 63.8 Å². The van der Waals surface area contributed by atoms with Gasteiger partial charge in [-0.3, -0.25) is 0 Å². The third-order valence-corrected chi connectivity index (χ3v) is 3.16. The molecule has 3 aromatic rings. The Morgan fingerprint density at radius 3 is 2.70 bits per heavy atom. The molecule has 0 fully saturated rings. The largest absolute Gasteiger partial charge is 0.367 e. The maximum Gasteiger partial charge on any atom is 0.178 e. The second-order valence-electron chi connectivity index (χ2n) is 4.65. The highest BCUT2D eigenvalue weighted by Gasteiger charge is 2.17. The lowest BCUT2D eigenvalue weighted by Gasteiger charge is -2.06. The Morgan fingerprint density at radius 1 is 1.15 bits per heavy atom. The molecule has 0 atom stereocenters. The molecular weight excluding hydrogens is 252 g/mol. The quantitative estimate of drug-likeness (QED) is 0.785. The maximum atomic E-state index is 5.33. The van der Waals surface area contributed by atoms with Crippen molar-refractivity contribution < 1.29 is 4.52 Å². The first kappa shape index (κ1) is 12.6. The Hall–Kier alpha value is -2.43. The summed E-state index contributed by atoms with van der Waals surface area (Å²) in [4.78, 5) is 0. The van der Waals surface area contributed by atoms with Crippen molar-refractivity contribution in [1.82, 2.24) is 15.4 Å². The van der Waals surface area contributed by atoms with Crippen LogP contribution in [0.25, 0.3) is 22.2 Å². The zero-order valence-corrected chi connectivity index (χ0v) is 11.6. The molecular formula is C15H16N4O. The summed E-state index contributed by atoms with van der Waals surface area (Å²) >= 11 is 0. The van der Waals surface area contributed by atoms with Crippen molar-refractivity contribution in [2.45, 2.75) is 20.3 Å². The molecule has 0 saturated carbocycles. The molecule has 0 spiro atoms. The van der Waals surface area contributed by atoms with Gasteiger partial charge >= 0.3 is 0 Å². The summed E-state index contributed by atoms with van der Waals surface area (Å²) in [6.45, 7) is 4.83. The van der Waals surface area contributed by atoms with E-state index >= 15 is 0 Å². The average Bonchev–Trinajstić information content (AvgIpc) is 2.88. The van der Waals surface area contributed by atoms with Crippen LogP contribution in [0.3, 0.4) is 0 Å². The minimum Gasteiger partial charge on any atom is -0.367 e. The van der Waals surface area contributed by atoms with Crippen molar-refractivity contribution in [1.29, 1.82) is 0 Å². The molecule has 0 bridgehead atoms. The van der Waals surface area contributed by atoms with Crippen LogP contribution in [0.2, 0.25) is 0 Å². The van der Waals surface area contributed by atoms with Crippen LogP contribution in [0.1, 0.15) is 19.1 Å². The van der Waals surface area contributed by atoms with Crippen molar-refractivity contribution in [3.05, 3.63) is 36.1 Å². The van der Waals surface area contributed by atoms with Crippen LogP contribution in [0.4, 0.5) is 5.82 Å². The van der Waals surface area contributed by atoms with Gasteiger partial charge in [-0.05, 0) is 13.3 Å². The second kappa shape index (κ2) is 5.28. The molecule has 5 heteroatoms. The van der Waals surface area contributed by atoms with Crippen molar-refractivity contribution in [3.8, 4) is 11.3 Å². The number of aromatic nitrogens is 3. The lowest BCUT2D eigenvalue weighted by Crippen LogP contribution is -2.04. The Labute approximate surface area is 117 Å². The van der Waals surface area contributed by atoms with Gasteiger partial charge in [-0.15, -0.1) is 10.2 Å². The third-order valence-electron chi connectivity index (χ3n) is 3.16. The van der Waals surface area contributed by atoms with E-state index in [1.807, 2.05) is 37.3 Å². The molecule has 2 aromatic heterocycles. The van der Waals surface area contributed by atoms with Gasteiger partial charge in [-0.2, -0.15) is 0 Å². The normalized spacial score (nSPS) is 10.9. The fraction of sp³-hybridized carbons (Fsp3) is 0.267. The lowest BCUT2D eigenvalue weighted by molar-refractivity contribution is 0.405. The molecule has 3 rings (SSSR count). The lowest BCUT2D eigenvalue weighted by atomic mass is 10.1. The Morgan fingerprint density at radius 2 is 1.95 bits per heavy atom. The van der Waals surface area contributed by atoms with Crippen molar-refractivity contribution in [2.75, 3.05) is 11.9 Å². The van der Waals surface area contributed by atoms with E-state index in [0.717, 1.165) is 40.9 Å². The number of anilines is 1. The molecule has 0 saturated heterocycles. The number of hydrogen-bond donors (Lipinski definition) is 1. The van der Waals surface area contributed by atoms with E-state index in [4.69, 9.17) is 4.52 Å². The van der Waals surface area contributed by atoms with E-state index in [-0.39, 0.29) is 0 Å². The first-order valence-electron chi connectivity index (χ1n) is 6.73. The average molecular weight is 268 g/mol. The summed E-state index contributed by atoms with van der Waals surface area (Å²) in [6, 6.07) is 9.96. The van der Waals surface area contributed by atoms with Crippen LogP contribution in [-0.4, -0.2) is 21.9 Å². The minimum absolute atomic E-state index is 0.679. The van der Waals surface area contributed by atoms with Gasteiger partial charge in [-0.1, -0.05) is 42.4 Å². The van der Waals surface area contributed by atoms with E-state index in [1.54, 1.807) is 0 Å². The summed E-state index contributed by atoms with van der Waals surface area (Å²) in [6.07, 6.45) is 1.01. The summed E-state index contributed by atoms with van der Waals surface area (Å²) in [5, 5.41) is 16.9. The molecule has 1 N–H and O–H groups in total. The van der Waals surface area contributed by atoms with Gasteiger partial charge in [0.15, 0.2) is 11.3 Å². The Kier molecular flexibility index (Phi) is 3.33. The van der Waals surface area contributed by atoms with E-state index in [2.05, 4.69) is 27.6 Å². The number of aryl methyl sites for hydroxylation is 1. The number of benzene rings is 1. The Balaban J connectivity index is 2.18. The zero-order valence-electron chi connectivity index (χ0n) is 11.6. The number of nitrogens with one attached hydrogen (secondary N) is 1. The summed E-state index contributed by atoms with van der Waals surface area (Å²) in [5.41, 5.74) is 2.56. The molecule has 0 radical (unpaired) electrons. The molecule has 0 aliphatic heterocycles. The van der Waals surface area contributed by atoms with Crippen molar-refractivity contribution >= 4 is 16.7 Å². The molecule has 0 unspecified atom stereocenters. The molecule has 5 nitrogen and oxygen atoms in total. The summed E-state index contributed by atoms with van der Waals surface area (Å²) in [7, 11) is 0. The van der Waals surface area contributed by atoms with Gasteiger partial charge in [0.25, 0.3) is 0 Å². The summed E-state index contributed by atoms with van der Waals surface area (Å²) in [5.74, 6) is 1.44. The van der Waals surface area contributed by atoms with E-state index < -0.39 is 0 Å². The molecule has 102 valence electrons. The van der Waals surface area contributed by atoms with Gasteiger partial charge in [0, 0.05) is 12.1 Å². The summed E-state index contributed by atoms with van der Waals surface area (Å²) < 4.78 is 5.33. The van der Waals surface area contributed by atoms with Crippen LogP contribution in [0.5, 0.6) is 0 Å². The minimum atomic E-state index is 0.679. The van der Waals surface area contributed by atoms with E-state index in [1.165, 1.54) is 0 Å². The smallest absolute Gasteiger partial charge is 0.178 e. The zero-order chi connectivity index (χ0) is 13.9. The van der Waals surface area contributed by atoms with E-state index in [9.17, 15) is 0 Å². The van der Waals surface area contributed by atoms with Gasteiger partial charge in [0.05, 0.1) is 5.39 Å². The molecule has 0 aliphatic rings. The van der Waals surface area contributed by atoms with Crippen LogP contribution in [-0.2, 0) is 0 Å². The highest BCUT2D eigenvalue weighted by Crippen LogP contribution is 2.31. The SMILES string of the molecule is CCCNc1nnc(-c2ccccc2)c2c(C)onc12. The van der Waals surface area contributed by atoms with Gasteiger partial charge < -0.3 is 9.84 Å². The molecule has 2 heterocycles. The second-order valence-corrected chi connectivity index (χ2v) is 4.65. The van der Waals surface area contributed by atoms with E-state index in [0.29, 0.717) is 5.82 Å². The fourth-order valence-corrected chi connectivity index (χ4v) is 2.17. The first-order valence-corrected chi connectivity index (χ1v) is 6.73. The molecule has 0 aliphatic carbocycles. The van der Waals surface area contributed by atoms with Crippen LogP contribution < -0.4 is 5.32 Å². The fourth-order valence-electron chi connectivity index (χ4n) is 2.17. The number of hydrogen-bond acceptors (Lipinski definition) is 5. The Bertz CT molecular complexity index is 721. The number of nitrogens with zero attached hydrogens (tertiary/aromatic N) is 3. The van der Waals surface area contributed by atoms with Crippen LogP contribution >= 0.6 is 0 Å².